The highest BCUT2D eigenvalue weighted by atomic mass is 19.4. The van der Waals surface area contributed by atoms with E-state index in [1.807, 2.05) is 0 Å². The Hall–Kier alpha value is -1.56. The molecule has 1 unspecified atom stereocenters. The first-order valence-electron chi connectivity index (χ1n) is 7.04. The Morgan fingerprint density at radius 3 is 2.67 bits per heavy atom. The molecule has 1 aromatic rings. The minimum atomic E-state index is -4.52. The van der Waals surface area contributed by atoms with Crippen molar-refractivity contribution in [1.82, 2.24) is 10.2 Å². The molecule has 0 bridgehead atoms. The third-order valence-corrected chi connectivity index (χ3v) is 3.72. The molecule has 1 N–H and O–H groups in total. The van der Waals surface area contributed by atoms with E-state index in [9.17, 15) is 18.0 Å². The Morgan fingerprint density at radius 1 is 1.33 bits per heavy atom. The van der Waals surface area contributed by atoms with Crippen molar-refractivity contribution < 1.29 is 18.0 Å². The summed E-state index contributed by atoms with van der Waals surface area (Å²) in [4.78, 5) is 13.7. The quantitative estimate of drug-likeness (QED) is 0.931. The molecular weight excluding hydrogens is 281 g/mol. The van der Waals surface area contributed by atoms with Gasteiger partial charge < -0.3 is 10.2 Å². The van der Waals surface area contributed by atoms with E-state index >= 15 is 0 Å². The normalized spacial score (nSPS) is 19.3. The van der Waals surface area contributed by atoms with Crippen molar-refractivity contribution in [2.45, 2.75) is 31.5 Å². The van der Waals surface area contributed by atoms with E-state index in [1.165, 1.54) is 23.1 Å². The molecule has 6 heteroatoms. The van der Waals surface area contributed by atoms with Gasteiger partial charge in [0.1, 0.15) is 0 Å². The van der Waals surface area contributed by atoms with Gasteiger partial charge in [-0.15, -0.1) is 0 Å². The van der Waals surface area contributed by atoms with Gasteiger partial charge in [0.05, 0.1) is 11.1 Å². The van der Waals surface area contributed by atoms with Crippen molar-refractivity contribution in [2.75, 3.05) is 20.1 Å². The smallest absolute Gasteiger partial charge is 0.340 e. The topological polar surface area (TPSA) is 32.3 Å². The number of hydrogen-bond acceptors (Lipinski definition) is 2. The first kappa shape index (κ1) is 15.8. The summed E-state index contributed by atoms with van der Waals surface area (Å²) < 4.78 is 38.8. The monoisotopic (exact) mass is 300 g/mol. The van der Waals surface area contributed by atoms with Crippen molar-refractivity contribution >= 4 is 5.91 Å². The fourth-order valence-electron chi connectivity index (χ4n) is 2.62. The largest absolute Gasteiger partial charge is 0.417 e. The summed E-state index contributed by atoms with van der Waals surface area (Å²) in [6, 6.07) is 5.08. The number of amides is 1. The molecule has 1 saturated heterocycles. The van der Waals surface area contributed by atoms with Crippen LogP contribution in [0.1, 0.15) is 35.2 Å². The van der Waals surface area contributed by atoms with Crippen LogP contribution < -0.4 is 5.32 Å². The predicted molar refractivity (Wildman–Crippen MR) is 74.0 cm³/mol. The van der Waals surface area contributed by atoms with E-state index in [0.29, 0.717) is 6.54 Å². The molecule has 2 rings (SSSR count). The van der Waals surface area contributed by atoms with Crippen molar-refractivity contribution in [3.05, 3.63) is 35.4 Å². The van der Waals surface area contributed by atoms with Crippen molar-refractivity contribution in [3.63, 3.8) is 0 Å². The first-order valence-corrected chi connectivity index (χ1v) is 7.04. The highest BCUT2D eigenvalue weighted by Gasteiger charge is 2.35. The number of likely N-dealkylation sites (N-methyl/N-ethyl adjacent to an activating group) is 1. The van der Waals surface area contributed by atoms with E-state index in [2.05, 4.69) is 5.32 Å². The zero-order valence-electron chi connectivity index (χ0n) is 11.9. The number of benzene rings is 1. The molecule has 0 aliphatic carbocycles. The molecule has 1 aliphatic heterocycles. The van der Waals surface area contributed by atoms with Crippen LogP contribution in [-0.4, -0.2) is 37.0 Å². The maximum Gasteiger partial charge on any atom is 0.417 e. The third kappa shape index (κ3) is 3.97. The summed E-state index contributed by atoms with van der Waals surface area (Å²) >= 11 is 0. The lowest BCUT2D eigenvalue weighted by molar-refractivity contribution is -0.138. The molecular formula is C15H19F3N2O. The van der Waals surface area contributed by atoms with Crippen molar-refractivity contribution in [1.29, 1.82) is 0 Å². The third-order valence-electron chi connectivity index (χ3n) is 3.72. The minimum Gasteiger partial charge on any atom is -0.340 e. The van der Waals surface area contributed by atoms with E-state index in [0.717, 1.165) is 31.9 Å². The van der Waals surface area contributed by atoms with Crippen molar-refractivity contribution in [2.24, 2.45) is 0 Å². The zero-order valence-corrected chi connectivity index (χ0v) is 11.9. The molecule has 0 spiro atoms. The molecule has 3 nitrogen and oxygen atoms in total. The lowest BCUT2D eigenvalue weighted by Gasteiger charge is -2.28. The maximum absolute atomic E-state index is 12.9. The van der Waals surface area contributed by atoms with Gasteiger partial charge in [0.2, 0.25) is 0 Å². The highest BCUT2D eigenvalue weighted by Crippen LogP contribution is 2.32. The van der Waals surface area contributed by atoms with Crippen molar-refractivity contribution in [3.8, 4) is 0 Å². The lowest BCUT2D eigenvalue weighted by Crippen LogP contribution is -2.44. The van der Waals surface area contributed by atoms with Gasteiger partial charge in [-0.1, -0.05) is 18.6 Å². The second kappa shape index (κ2) is 6.47. The second-order valence-corrected chi connectivity index (χ2v) is 5.38. The molecule has 1 aromatic carbocycles. The number of alkyl halides is 3. The average molecular weight is 300 g/mol. The van der Waals surface area contributed by atoms with Crippen LogP contribution in [0.5, 0.6) is 0 Å². The van der Waals surface area contributed by atoms with Gasteiger partial charge in [-0.05, 0) is 31.5 Å². The van der Waals surface area contributed by atoms with Crippen LogP contribution in [0.4, 0.5) is 13.2 Å². The number of nitrogens with zero attached hydrogens (tertiary/aromatic N) is 1. The Bertz CT molecular complexity index is 496. The molecule has 0 radical (unpaired) electrons. The minimum absolute atomic E-state index is 0.158. The Labute approximate surface area is 122 Å². The highest BCUT2D eigenvalue weighted by molar-refractivity contribution is 5.95. The van der Waals surface area contributed by atoms with Gasteiger partial charge in [0, 0.05) is 19.6 Å². The molecule has 116 valence electrons. The lowest BCUT2D eigenvalue weighted by atomic mass is 10.0. The first-order chi connectivity index (χ1) is 9.89. The molecule has 1 atom stereocenters. The summed E-state index contributed by atoms with van der Waals surface area (Å²) in [5.74, 6) is -0.588. The van der Waals surface area contributed by atoms with Gasteiger partial charge in [-0.25, -0.2) is 0 Å². The van der Waals surface area contributed by atoms with E-state index in [1.54, 1.807) is 7.05 Å². The van der Waals surface area contributed by atoms with Crippen LogP contribution in [0.2, 0.25) is 0 Å². The SMILES string of the molecule is CN(CC1CCCCN1)C(=O)c1ccccc1C(F)(F)F. The Balaban J connectivity index is 2.12. The van der Waals surface area contributed by atoms with Gasteiger partial charge >= 0.3 is 6.18 Å². The van der Waals surface area contributed by atoms with Crippen LogP contribution in [0.25, 0.3) is 0 Å². The Morgan fingerprint density at radius 2 is 2.05 bits per heavy atom. The predicted octanol–water partition coefficient (Wildman–Crippen LogP) is 2.92. The number of halogens is 3. The number of rotatable bonds is 3. The fraction of sp³-hybridized carbons (Fsp3) is 0.533. The molecule has 1 heterocycles. The second-order valence-electron chi connectivity index (χ2n) is 5.38. The molecule has 0 saturated carbocycles. The zero-order chi connectivity index (χ0) is 15.5. The van der Waals surface area contributed by atoms with E-state index in [-0.39, 0.29) is 11.6 Å². The fourth-order valence-corrected chi connectivity index (χ4v) is 2.62. The molecule has 1 fully saturated rings. The number of nitrogens with one attached hydrogen (secondary N) is 1. The van der Waals surface area contributed by atoms with E-state index < -0.39 is 17.6 Å². The Kier molecular flexibility index (Phi) is 4.88. The van der Waals surface area contributed by atoms with Gasteiger partial charge in [-0.2, -0.15) is 13.2 Å². The summed E-state index contributed by atoms with van der Waals surface area (Å²) in [6.45, 7) is 1.32. The standard InChI is InChI=1S/C15H19F3N2O/c1-20(10-11-6-4-5-9-19-11)14(21)12-7-2-3-8-13(12)15(16,17)18/h2-3,7-8,11,19H,4-6,9-10H2,1H3. The summed E-state index contributed by atoms with van der Waals surface area (Å²) in [6.07, 6.45) is -1.39. The summed E-state index contributed by atoms with van der Waals surface area (Å²) in [5.41, 5.74) is -1.17. The maximum atomic E-state index is 12.9. The van der Waals surface area contributed by atoms with E-state index in [4.69, 9.17) is 0 Å². The number of piperidine rings is 1. The van der Waals surface area contributed by atoms with Crippen LogP contribution in [-0.2, 0) is 6.18 Å². The summed E-state index contributed by atoms with van der Waals surface area (Å²) in [7, 11) is 1.55. The number of carbonyl (C=O) groups excluding carboxylic acids is 1. The van der Waals surface area contributed by atoms with Gasteiger partial charge in [0.15, 0.2) is 0 Å². The molecule has 1 amide bonds. The number of carbonyl (C=O) groups is 1. The van der Waals surface area contributed by atoms with Crippen LogP contribution >= 0.6 is 0 Å². The molecule has 21 heavy (non-hydrogen) atoms. The van der Waals surface area contributed by atoms with Gasteiger partial charge in [-0.3, -0.25) is 4.79 Å². The van der Waals surface area contributed by atoms with Crippen LogP contribution in [0, 0.1) is 0 Å². The molecule has 0 aromatic heterocycles. The average Bonchev–Trinajstić information content (AvgIpc) is 2.46. The van der Waals surface area contributed by atoms with Crippen LogP contribution in [0.15, 0.2) is 24.3 Å². The van der Waals surface area contributed by atoms with Crippen LogP contribution in [0.3, 0.4) is 0 Å². The summed E-state index contributed by atoms with van der Waals surface area (Å²) in [5, 5.41) is 3.29. The molecule has 1 aliphatic rings. The number of hydrogen-bond donors (Lipinski definition) is 1. The van der Waals surface area contributed by atoms with Gasteiger partial charge in [0.25, 0.3) is 5.91 Å².